The number of nitrogens with zero attached hydrogens (tertiary/aromatic N) is 1. The number of ether oxygens (including phenoxy) is 2. The van der Waals surface area contributed by atoms with Gasteiger partial charge in [-0.15, -0.1) is 0 Å². The maximum atomic E-state index is 7.06. The Labute approximate surface area is 312 Å². The topological polar surface area (TPSA) is 23.4 Å². The fourth-order valence-electron chi connectivity index (χ4n) is 9.71. The quantitative estimate of drug-likeness (QED) is 0.177. The third kappa shape index (κ3) is 4.83. The average Bonchev–Trinajstić information content (AvgIpc) is 3.47. The molecule has 254 valence electrons. The van der Waals surface area contributed by atoms with Gasteiger partial charge < -0.3 is 14.0 Å². The molecule has 0 spiro atoms. The van der Waals surface area contributed by atoms with Crippen LogP contribution in [0.1, 0.15) is 33.4 Å². The first-order chi connectivity index (χ1) is 25.7. The minimum absolute atomic E-state index is 0.0233. The molecule has 0 atom stereocenters. The van der Waals surface area contributed by atoms with Crippen LogP contribution in [0.3, 0.4) is 0 Å². The monoisotopic (exact) mass is 683 g/mol. The molecular formula is C48H39B2NO2. The molecule has 3 heterocycles. The van der Waals surface area contributed by atoms with Crippen molar-refractivity contribution in [2.24, 2.45) is 0 Å². The molecule has 8 aromatic rings. The number of aryl methyl sites for hydroxylation is 6. The molecule has 5 heteroatoms. The Balaban J connectivity index is 1.22. The highest BCUT2D eigenvalue weighted by atomic mass is 16.5. The number of hydrogen-bond acceptors (Lipinski definition) is 2. The molecule has 2 aliphatic rings. The number of para-hydroxylation sites is 3. The summed E-state index contributed by atoms with van der Waals surface area (Å²) < 4.78 is 16.2. The van der Waals surface area contributed by atoms with E-state index < -0.39 is 0 Å². The Morgan fingerprint density at radius 2 is 0.849 bits per heavy atom. The normalized spacial score (nSPS) is 12.9. The van der Waals surface area contributed by atoms with Crippen LogP contribution in [0.25, 0.3) is 27.5 Å². The largest absolute Gasteiger partial charge is 0.458 e. The Bertz CT molecular complexity index is 2730. The maximum Gasteiger partial charge on any atom is 0.251 e. The predicted molar refractivity (Wildman–Crippen MR) is 224 cm³/mol. The lowest BCUT2D eigenvalue weighted by molar-refractivity contribution is 0.465. The van der Waals surface area contributed by atoms with Crippen molar-refractivity contribution in [2.45, 2.75) is 41.5 Å². The van der Waals surface area contributed by atoms with Crippen molar-refractivity contribution in [3.63, 3.8) is 0 Å². The van der Waals surface area contributed by atoms with Crippen molar-refractivity contribution >= 4 is 68.0 Å². The SMILES string of the molecule is Cc1cc(C)c(B2c3ccccc3Oc3cc4c(cc32)B(c2c(C)cc(C)cc2C)c2ccc(-n3c5ccccc5c5ccccc53)cc2O4)c(C)c1. The highest BCUT2D eigenvalue weighted by molar-refractivity contribution is 7.00. The second kappa shape index (κ2) is 11.8. The van der Waals surface area contributed by atoms with E-state index in [4.69, 9.17) is 9.47 Å². The summed E-state index contributed by atoms with van der Waals surface area (Å²) in [5.74, 6) is 3.47. The molecule has 7 aromatic carbocycles. The molecular weight excluding hydrogens is 644 g/mol. The van der Waals surface area contributed by atoms with Crippen molar-refractivity contribution in [1.29, 1.82) is 0 Å². The van der Waals surface area contributed by atoms with Gasteiger partial charge in [-0.3, -0.25) is 0 Å². The molecule has 0 radical (unpaired) electrons. The molecule has 0 fully saturated rings. The summed E-state index contributed by atoms with van der Waals surface area (Å²) in [6, 6.07) is 46.5. The summed E-state index contributed by atoms with van der Waals surface area (Å²) >= 11 is 0. The molecule has 2 aliphatic heterocycles. The third-order valence-corrected chi connectivity index (χ3v) is 11.6. The van der Waals surface area contributed by atoms with Crippen LogP contribution in [-0.4, -0.2) is 18.0 Å². The van der Waals surface area contributed by atoms with Gasteiger partial charge in [-0.25, -0.2) is 0 Å². The highest BCUT2D eigenvalue weighted by Crippen LogP contribution is 2.36. The van der Waals surface area contributed by atoms with E-state index in [-0.39, 0.29) is 13.4 Å². The Kier molecular flexibility index (Phi) is 7.07. The zero-order valence-electron chi connectivity index (χ0n) is 31.0. The molecule has 0 amide bonds. The van der Waals surface area contributed by atoms with Crippen molar-refractivity contribution in [3.8, 4) is 28.7 Å². The van der Waals surface area contributed by atoms with E-state index in [0.29, 0.717) is 0 Å². The number of benzene rings is 7. The van der Waals surface area contributed by atoms with Crippen LogP contribution < -0.4 is 42.3 Å². The first-order valence-electron chi connectivity index (χ1n) is 18.7. The standard InChI is InChI=1S/C48H39B2NO2/c1-28-21-30(3)47(31(4)22-28)49-37-15-9-12-18-43(37)52-45-27-46-40(26-39(45)49)50(48-32(5)23-29(2)24-33(48)6)38-20-19-34(25-44(38)53-46)51-41-16-10-7-13-35(41)36-14-8-11-17-42(36)51/h7-27H,1-6H3. The lowest BCUT2D eigenvalue weighted by Crippen LogP contribution is -2.61. The summed E-state index contributed by atoms with van der Waals surface area (Å²) in [6.45, 7) is 13.4. The van der Waals surface area contributed by atoms with E-state index in [1.165, 1.54) is 88.0 Å². The van der Waals surface area contributed by atoms with Gasteiger partial charge in [0, 0.05) is 28.6 Å². The van der Waals surface area contributed by atoms with Crippen LogP contribution in [-0.2, 0) is 0 Å². The van der Waals surface area contributed by atoms with E-state index >= 15 is 0 Å². The van der Waals surface area contributed by atoms with E-state index in [1.807, 2.05) is 0 Å². The zero-order chi connectivity index (χ0) is 36.1. The van der Waals surface area contributed by atoms with Crippen molar-refractivity contribution in [3.05, 3.63) is 161 Å². The Hall–Kier alpha value is -5.93. The summed E-state index contributed by atoms with van der Waals surface area (Å²) in [5.41, 5.74) is 18.6. The zero-order valence-corrected chi connectivity index (χ0v) is 31.0. The number of hydrogen-bond donors (Lipinski definition) is 0. The molecule has 0 bridgehead atoms. The second-order valence-electron chi connectivity index (χ2n) is 15.3. The van der Waals surface area contributed by atoms with Crippen molar-refractivity contribution in [1.82, 2.24) is 4.57 Å². The highest BCUT2D eigenvalue weighted by Gasteiger charge is 2.40. The van der Waals surface area contributed by atoms with E-state index in [0.717, 1.165) is 28.7 Å². The molecule has 10 rings (SSSR count). The first-order valence-corrected chi connectivity index (χ1v) is 18.7. The molecule has 0 N–H and O–H groups in total. The first kappa shape index (κ1) is 31.8. The van der Waals surface area contributed by atoms with E-state index in [9.17, 15) is 0 Å². The van der Waals surface area contributed by atoms with E-state index in [1.54, 1.807) is 0 Å². The fourth-order valence-corrected chi connectivity index (χ4v) is 9.71. The molecule has 0 saturated heterocycles. The Morgan fingerprint density at radius 3 is 1.42 bits per heavy atom. The lowest BCUT2D eigenvalue weighted by atomic mass is 9.31. The molecule has 0 aliphatic carbocycles. The van der Waals surface area contributed by atoms with Gasteiger partial charge in [-0.2, -0.15) is 0 Å². The van der Waals surface area contributed by atoms with Crippen molar-refractivity contribution in [2.75, 3.05) is 0 Å². The minimum atomic E-state index is -0.0233. The van der Waals surface area contributed by atoms with Crippen LogP contribution in [0.4, 0.5) is 0 Å². The smallest absolute Gasteiger partial charge is 0.251 e. The van der Waals surface area contributed by atoms with Gasteiger partial charge in [-0.05, 0) is 87.7 Å². The molecule has 53 heavy (non-hydrogen) atoms. The van der Waals surface area contributed by atoms with Gasteiger partial charge in [0.15, 0.2) is 0 Å². The molecule has 1 aromatic heterocycles. The van der Waals surface area contributed by atoms with Crippen LogP contribution in [0, 0.1) is 41.5 Å². The van der Waals surface area contributed by atoms with Gasteiger partial charge in [-0.1, -0.05) is 135 Å². The maximum absolute atomic E-state index is 7.06. The van der Waals surface area contributed by atoms with Crippen molar-refractivity contribution < 1.29 is 9.47 Å². The molecule has 0 unspecified atom stereocenters. The van der Waals surface area contributed by atoms with Gasteiger partial charge in [0.1, 0.15) is 23.0 Å². The molecule has 3 nitrogen and oxygen atoms in total. The Morgan fingerprint density at radius 1 is 0.396 bits per heavy atom. The molecule has 0 saturated carbocycles. The third-order valence-electron chi connectivity index (χ3n) is 11.6. The van der Waals surface area contributed by atoms with Gasteiger partial charge in [0.05, 0.1) is 11.0 Å². The minimum Gasteiger partial charge on any atom is -0.458 e. The summed E-state index contributed by atoms with van der Waals surface area (Å²) in [7, 11) is 0. The van der Waals surface area contributed by atoms with Crippen LogP contribution in [0.5, 0.6) is 23.0 Å². The number of aromatic nitrogens is 1. The average molecular weight is 683 g/mol. The predicted octanol–water partition coefficient (Wildman–Crippen LogP) is 7.88. The fraction of sp³-hybridized carbons (Fsp3) is 0.125. The second-order valence-corrected chi connectivity index (χ2v) is 15.3. The van der Waals surface area contributed by atoms with E-state index in [2.05, 4.69) is 174 Å². The number of fused-ring (bicyclic) bond motifs is 7. The summed E-state index contributed by atoms with van der Waals surface area (Å²) in [6.07, 6.45) is 0. The summed E-state index contributed by atoms with van der Waals surface area (Å²) in [4.78, 5) is 0. The van der Waals surface area contributed by atoms with Gasteiger partial charge >= 0.3 is 0 Å². The summed E-state index contributed by atoms with van der Waals surface area (Å²) in [5, 5.41) is 2.49. The van der Waals surface area contributed by atoms with Gasteiger partial charge in [0.2, 0.25) is 0 Å². The van der Waals surface area contributed by atoms with Crippen LogP contribution in [0.15, 0.2) is 127 Å². The van der Waals surface area contributed by atoms with Crippen LogP contribution in [0.2, 0.25) is 0 Å². The number of rotatable bonds is 3. The van der Waals surface area contributed by atoms with Gasteiger partial charge in [0.25, 0.3) is 13.4 Å². The van der Waals surface area contributed by atoms with Crippen LogP contribution >= 0.6 is 0 Å². The lowest BCUT2D eigenvalue weighted by Gasteiger charge is -2.33.